The number of nitrogens with one attached hydrogen (secondary N) is 1. The standard InChI is InChI=1S/C24H24N2O2S/c1-2-18-8-6-10-20(16-18)25-24(27)26-14-15-29-23(26)19-9-7-13-22(17-19)28-21-11-4-3-5-12-21/h3-13,16-17,23H,2,14-15H2,1H3,(H,25,27). The summed E-state index contributed by atoms with van der Waals surface area (Å²) >= 11 is 1.77. The highest BCUT2D eigenvalue weighted by Crippen LogP contribution is 2.39. The highest BCUT2D eigenvalue weighted by atomic mass is 32.2. The summed E-state index contributed by atoms with van der Waals surface area (Å²) in [7, 11) is 0. The number of hydrogen-bond acceptors (Lipinski definition) is 3. The van der Waals surface area contributed by atoms with E-state index < -0.39 is 0 Å². The van der Waals surface area contributed by atoms with E-state index in [0.29, 0.717) is 0 Å². The first-order chi connectivity index (χ1) is 14.2. The van der Waals surface area contributed by atoms with Gasteiger partial charge in [-0.15, -0.1) is 11.8 Å². The first-order valence-corrected chi connectivity index (χ1v) is 10.9. The van der Waals surface area contributed by atoms with Crippen LogP contribution in [0.1, 0.15) is 23.4 Å². The largest absolute Gasteiger partial charge is 0.457 e. The summed E-state index contributed by atoms with van der Waals surface area (Å²) in [5.41, 5.74) is 3.12. The van der Waals surface area contributed by atoms with Crippen molar-refractivity contribution in [1.82, 2.24) is 4.90 Å². The predicted octanol–water partition coefficient (Wildman–Crippen LogP) is 6.32. The van der Waals surface area contributed by atoms with E-state index in [1.807, 2.05) is 71.6 Å². The average molecular weight is 405 g/mol. The van der Waals surface area contributed by atoms with E-state index >= 15 is 0 Å². The molecular formula is C24H24N2O2S. The van der Waals surface area contributed by atoms with Gasteiger partial charge in [-0.25, -0.2) is 4.79 Å². The maximum Gasteiger partial charge on any atom is 0.323 e. The molecule has 0 aromatic heterocycles. The van der Waals surface area contributed by atoms with Gasteiger partial charge in [0.15, 0.2) is 0 Å². The summed E-state index contributed by atoms with van der Waals surface area (Å²) in [6.45, 7) is 2.83. The molecule has 0 bridgehead atoms. The zero-order chi connectivity index (χ0) is 20.1. The normalized spacial score (nSPS) is 15.9. The van der Waals surface area contributed by atoms with Crippen molar-refractivity contribution in [3.8, 4) is 11.5 Å². The zero-order valence-corrected chi connectivity index (χ0v) is 17.2. The van der Waals surface area contributed by atoms with Crippen LogP contribution in [0.4, 0.5) is 10.5 Å². The van der Waals surface area contributed by atoms with Crippen LogP contribution in [0.25, 0.3) is 0 Å². The lowest BCUT2D eigenvalue weighted by molar-refractivity contribution is 0.214. The van der Waals surface area contributed by atoms with Crippen molar-refractivity contribution in [2.45, 2.75) is 18.7 Å². The molecule has 29 heavy (non-hydrogen) atoms. The number of ether oxygens (including phenoxy) is 1. The minimum absolute atomic E-state index is 0.0244. The van der Waals surface area contributed by atoms with E-state index in [1.54, 1.807) is 11.8 Å². The molecule has 1 atom stereocenters. The molecule has 148 valence electrons. The van der Waals surface area contributed by atoms with Crippen LogP contribution in [-0.2, 0) is 6.42 Å². The summed E-state index contributed by atoms with van der Waals surface area (Å²) in [5.74, 6) is 2.49. The molecule has 1 N–H and O–H groups in total. The second-order valence-corrected chi connectivity index (χ2v) is 8.08. The van der Waals surface area contributed by atoms with Gasteiger partial charge >= 0.3 is 6.03 Å². The second-order valence-electron chi connectivity index (χ2n) is 6.89. The van der Waals surface area contributed by atoms with Crippen LogP contribution in [0.5, 0.6) is 11.5 Å². The highest BCUT2D eigenvalue weighted by molar-refractivity contribution is 7.99. The molecule has 1 fully saturated rings. The SMILES string of the molecule is CCc1cccc(NC(=O)N2CCSC2c2cccc(Oc3ccccc3)c2)c1. The number of thioether (sulfide) groups is 1. The smallest absolute Gasteiger partial charge is 0.323 e. The summed E-state index contributed by atoms with van der Waals surface area (Å²) in [4.78, 5) is 14.8. The van der Waals surface area contributed by atoms with Crippen molar-refractivity contribution in [2.75, 3.05) is 17.6 Å². The Morgan fingerprint density at radius 2 is 1.83 bits per heavy atom. The van der Waals surface area contributed by atoms with Gasteiger partial charge in [0.2, 0.25) is 0 Å². The van der Waals surface area contributed by atoms with Crippen LogP contribution in [0.15, 0.2) is 78.9 Å². The molecule has 3 aromatic carbocycles. The summed E-state index contributed by atoms with van der Waals surface area (Å²) in [5, 5.41) is 3.03. The fraction of sp³-hybridized carbons (Fsp3) is 0.208. The number of anilines is 1. The van der Waals surface area contributed by atoms with Gasteiger partial charge in [-0.3, -0.25) is 0 Å². The lowest BCUT2D eigenvalue weighted by Gasteiger charge is -2.25. The number of rotatable bonds is 5. The van der Waals surface area contributed by atoms with Crippen molar-refractivity contribution in [3.63, 3.8) is 0 Å². The lowest BCUT2D eigenvalue weighted by atomic mass is 10.1. The Morgan fingerprint density at radius 3 is 2.66 bits per heavy atom. The van der Waals surface area contributed by atoms with E-state index in [4.69, 9.17) is 4.74 Å². The number of para-hydroxylation sites is 1. The van der Waals surface area contributed by atoms with Crippen molar-refractivity contribution in [2.24, 2.45) is 0 Å². The monoisotopic (exact) mass is 404 g/mol. The quantitative estimate of drug-likeness (QED) is 0.541. The van der Waals surface area contributed by atoms with Gasteiger partial charge in [0.05, 0.1) is 0 Å². The number of amides is 2. The number of aryl methyl sites for hydroxylation is 1. The van der Waals surface area contributed by atoms with E-state index in [1.165, 1.54) is 5.56 Å². The molecule has 0 radical (unpaired) electrons. The first kappa shape index (κ1) is 19.4. The van der Waals surface area contributed by atoms with Gasteiger partial charge in [0.1, 0.15) is 16.9 Å². The number of nitrogens with zero attached hydrogens (tertiary/aromatic N) is 1. The Kier molecular flexibility index (Phi) is 6.06. The molecule has 0 aliphatic carbocycles. The molecule has 1 saturated heterocycles. The van der Waals surface area contributed by atoms with Crippen molar-refractivity contribution >= 4 is 23.5 Å². The van der Waals surface area contributed by atoms with Crippen LogP contribution < -0.4 is 10.1 Å². The highest BCUT2D eigenvalue weighted by Gasteiger charge is 2.31. The lowest BCUT2D eigenvalue weighted by Crippen LogP contribution is -2.34. The van der Waals surface area contributed by atoms with Gasteiger partial charge in [0, 0.05) is 18.0 Å². The minimum Gasteiger partial charge on any atom is -0.457 e. The molecule has 0 saturated carbocycles. The van der Waals surface area contributed by atoms with E-state index in [0.717, 1.165) is 41.5 Å². The topological polar surface area (TPSA) is 41.6 Å². The summed E-state index contributed by atoms with van der Waals surface area (Å²) in [6.07, 6.45) is 0.945. The van der Waals surface area contributed by atoms with Crippen LogP contribution in [0.2, 0.25) is 0 Å². The minimum atomic E-state index is -0.0670. The van der Waals surface area contributed by atoms with Crippen LogP contribution in [-0.4, -0.2) is 23.2 Å². The molecule has 5 heteroatoms. The third-order valence-electron chi connectivity index (χ3n) is 4.86. The Morgan fingerprint density at radius 1 is 1.03 bits per heavy atom. The van der Waals surface area contributed by atoms with Gasteiger partial charge in [-0.05, 0) is 53.9 Å². The molecule has 1 aliphatic heterocycles. The van der Waals surface area contributed by atoms with Crippen LogP contribution in [0, 0.1) is 0 Å². The maximum absolute atomic E-state index is 12.9. The van der Waals surface area contributed by atoms with Crippen molar-refractivity contribution in [3.05, 3.63) is 90.0 Å². The Hall–Kier alpha value is -2.92. The van der Waals surface area contributed by atoms with Crippen molar-refractivity contribution in [1.29, 1.82) is 0 Å². The zero-order valence-electron chi connectivity index (χ0n) is 16.4. The molecule has 2 amide bonds. The molecule has 1 unspecified atom stereocenters. The fourth-order valence-electron chi connectivity index (χ4n) is 3.37. The summed E-state index contributed by atoms with van der Waals surface area (Å²) < 4.78 is 5.97. The van der Waals surface area contributed by atoms with Crippen molar-refractivity contribution < 1.29 is 9.53 Å². The molecule has 3 aromatic rings. The van der Waals surface area contributed by atoms with Crippen LogP contribution >= 0.6 is 11.8 Å². The third-order valence-corrected chi connectivity index (χ3v) is 6.12. The average Bonchev–Trinajstić information content (AvgIpc) is 3.25. The van der Waals surface area contributed by atoms with Gasteiger partial charge in [-0.2, -0.15) is 0 Å². The van der Waals surface area contributed by atoms with Crippen LogP contribution in [0.3, 0.4) is 0 Å². The molecular weight excluding hydrogens is 380 g/mol. The third kappa shape index (κ3) is 4.74. The van der Waals surface area contributed by atoms with Gasteiger partial charge in [-0.1, -0.05) is 49.4 Å². The van der Waals surface area contributed by atoms with Gasteiger partial charge < -0.3 is 15.0 Å². The number of carbonyl (C=O) groups excluding carboxylic acids is 1. The van der Waals surface area contributed by atoms with E-state index in [9.17, 15) is 4.79 Å². The Balaban J connectivity index is 1.49. The van der Waals surface area contributed by atoms with E-state index in [-0.39, 0.29) is 11.4 Å². The first-order valence-electron chi connectivity index (χ1n) is 9.84. The molecule has 0 spiro atoms. The maximum atomic E-state index is 12.9. The molecule has 1 aliphatic rings. The molecule has 1 heterocycles. The Bertz CT molecular complexity index is 977. The summed E-state index contributed by atoms with van der Waals surface area (Å²) in [6, 6.07) is 25.7. The molecule has 4 rings (SSSR count). The second kappa shape index (κ2) is 9.05. The van der Waals surface area contributed by atoms with Gasteiger partial charge in [0.25, 0.3) is 0 Å². The number of hydrogen-bond donors (Lipinski definition) is 1. The Labute approximate surface area is 175 Å². The number of carbonyl (C=O) groups is 1. The number of benzene rings is 3. The molecule has 4 nitrogen and oxygen atoms in total. The number of urea groups is 1. The van der Waals surface area contributed by atoms with E-state index in [2.05, 4.69) is 24.4 Å². The predicted molar refractivity (Wildman–Crippen MR) is 120 cm³/mol. The fourth-order valence-corrected chi connectivity index (χ4v) is 4.62.